The minimum atomic E-state index is -1.05. The van der Waals surface area contributed by atoms with Crippen molar-refractivity contribution in [3.8, 4) is 0 Å². The Balaban J connectivity index is 4.18. The van der Waals surface area contributed by atoms with Gasteiger partial charge in [0.15, 0.2) is 0 Å². The fraction of sp³-hybridized carbons (Fsp3) is 0.818. The summed E-state index contributed by atoms with van der Waals surface area (Å²) >= 11 is 0. The lowest BCUT2D eigenvalue weighted by Crippen LogP contribution is -2.30. The maximum Gasteiger partial charge on any atom is 0.318 e. The molecule has 0 radical (unpaired) electrons. The van der Waals surface area contributed by atoms with Crippen molar-refractivity contribution in [2.24, 2.45) is 0 Å². The Bertz CT molecular complexity index is 225. The molecular weight excluding hydrogens is 212 g/mol. The van der Waals surface area contributed by atoms with Crippen LogP contribution in [0.25, 0.3) is 0 Å². The van der Waals surface area contributed by atoms with Crippen molar-refractivity contribution in [2.45, 2.75) is 59.7 Å². The molecule has 5 heteroatoms. The summed E-state index contributed by atoms with van der Waals surface area (Å²) in [6.45, 7) is 7.48. The molecule has 0 amide bonds. The summed E-state index contributed by atoms with van der Waals surface area (Å²) < 4.78 is 15.4. The lowest BCUT2D eigenvalue weighted by Gasteiger charge is -2.22. The average Bonchev–Trinajstić information content (AvgIpc) is 1.97. The van der Waals surface area contributed by atoms with Crippen molar-refractivity contribution in [2.75, 3.05) is 0 Å². The SMILES string of the molecule is CC(=O)CC(=O)OC(OC(C)C)OC(C)C. The van der Waals surface area contributed by atoms with Gasteiger partial charge < -0.3 is 14.2 Å². The monoisotopic (exact) mass is 232 g/mol. The highest BCUT2D eigenvalue weighted by Gasteiger charge is 2.19. The van der Waals surface area contributed by atoms with Crippen molar-refractivity contribution in [3.05, 3.63) is 0 Å². The fourth-order valence-electron chi connectivity index (χ4n) is 0.884. The molecule has 5 nitrogen and oxygen atoms in total. The summed E-state index contributed by atoms with van der Waals surface area (Å²) in [7, 11) is 0. The van der Waals surface area contributed by atoms with Gasteiger partial charge in [-0.05, 0) is 34.6 Å². The van der Waals surface area contributed by atoms with E-state index in [2.05, 4.69) is 0 Å². The molecule has 0 N–H and O–H groups in total. The molecule has 16 heavy (non-hydrogen) atoms. The number of carbonyl (C=O) groups excluding carboxylic acids is 2. The number of ketones is 1. The number of ether oxygens (including phenoxy) is 3. The molecule has 0 saturated carbocycles. The predicted octanol–water partition coefficient (Wildman–Crippen LogP) is 1.64. The lowest BCUT2D eigenvalue weighted by molar-refractivity contribution is -0.297. The summed E-state index contributed by atoms with van der Waals surface area (Å²) in [6.07, 6.45) is -0.526. The van der Waals surface area contributed by atoms with Crippen LogP contribution in [0.4, 0.5) is 0 Å². The van der Waals surface area contributed by atoms with E-state index in [1.165, 1.54) is 6.92 Å². The number of carbonyl (C=O) groups is 2. The molecule has 0 fully saturated rings. The van der Waals surface area contributed by atoms with Gasteiger partial charge >= 0.3 is 12.4 Å². The molecule has 0 aromatic rings. The minimum absolute atomic E-state index is 0.131. The third-order valence-electron chi connectivity index (χ3n) is 1.39. The molecule has 0 aromatic heterocycles. The normalized spacial score (nSPS) is 11.2. The van der Waals surface area contributed by atoms with Crippen LogP contribution in [0.2, 0.25) is 0 Å². The average molecular weight is 232 g/mol. The zero-order chi connectivity index (χ0) is 12.7. The summed E-state index contributed by atoms with van der Waals surface area (Å²) in [5, 5.41) is 0. The van der Waals surface area contributed by atoms with Crippen LogP contribution in [0.3, 0.4) is 0 Å². The van der Waals surface area contributed by atoms with E-state index in [0.29, 0.717) is 0 Å². The Kier molecular flexibility index (Phi) is 6.92. The predicted molar refractivity (Wildman–Crippen MR) is 57.6 cm³/mol. The minimum Gasteiger partial charge on any atom is -0.410 e. The number of rotatable bonds is 7. The van der Waals surface area contributed by atoms with Crippen molar-refractivity contribution >= 4 is 11.8 Å². The van der Waals surface area contributed by atoms with Crippen LogP contribution in [0.15, 0.2) is 0 Å². The first-order chi connectivity index (χ1) is 7.31. The Morgan fingerprint density at radius 1 is 1.00 bits per heavy atom. The molecule has 0 saturated heterocycles. The third-order valence-corrected chi connectivity index (χ3v) is 1.39. The van der Waals surface area contributed by atoms with Crippen molar-refractivity contribution in [1.29, 1.82) is 0 Å². The standard InChI is InChI=1S/C11H20O5/c1-7(2)14-11(15-8(3)4)16-10(13)6-9(5)12/h7-8,11H,6H2,1-5H3. The Labute approximate surface area is 96.1 Å². The van der Waals surface area contributed by atoms with Crippen molar-refractivity contribution in [3.63, 3.8) is 0 Å². The van der Waals surface area contributed by atoms with Gasteiger partial charge in [0.2, 0.25) is 0 Å². The Morgan fingerprint density at radius 2 is 1.44 bits per heavy atom. The molecule has 94 valence electrons. The molecule has 0 rings (SSSR count). The van der Waals surface area contributed by atoms with Gasteiger partial charge in [-0.1, -0.05) is 0 Å². The second-order valence-corrected chi connectivity index (χ2v) is 4.03. The largest absolute Gasteiger partial charge is 0.410 e. The highest BCUT2D eigenvalue weighted by atomic mass is 16.9. The summed E-state index contributed by atoms with van der Waals surface area (Å²) in [5.41, 5.74) is 0. The third kappa shape index (κ3) is 8.38. The van der Waals surface area contributed by atoms with Gasteiger partial charge in [-0.25, -0.2) is 0 Å². The van der Waals surface area contributed by atoms with Crippen LogP contribution in [-0.4, -0.2) is 30.4 Å². The number of hydrogen-bond acceptors (Lipinski definition) is 5. The highest BCUT2D eigenvalue weighted by Crippen LogP contribution is 2.07. The molecule has 0 unspecified atom stereocenters. The molecule has 0 heterocycles. The second-order valence-electron chi connectivity index (χ2n) is 4.03. The second kappa shape index (κ2) is 7.35. The van der Waals surface area contributed by atoms with Gasteiger partial charge in [-0.15, -0.1) is 0 Å². The van der Waals surface area contributed by atoms with E-state index in [9.17, 15) is 9.59 Å². The topological polar surface area (TPSA) is 61.8 Å². The molecule has 0 aliphatic carbocycles. The van der Waals surface area contributed by atoms with E-state index in [4.69, 9.17) is 14.2 Å². The molecule has 0 atom stereocenters. The van der Waals surface area contributed by atoms with Crippen LogP contribution in [0, 0.1) is 0 Å². The molecule has 0 aliphatic heterocycles. The van der Waals surface area contributed by atoms with Gasteiger partial charge in [0.1, 0.15) is 12.2 Å². The zero-order valence-corrected chi connectivity index (χ0v) is 10.5. The number of Topliss-reactive ketones (excluding diaryl/α,β-unsaturated/α-hetero) is 1. The van der Waals surface area contributed by atoms with Crippen LogP contribution in [-0.2, 0) is 23.8 Å². The zero-order valence-electron chi connectivity index (χ0n) is 10.5. The van der Waals surface area contributed by atoms with E-state index in [1.54, 1.807) is 27.7 Å². The fourth-order valence-corrected chi connectivity index (χ4v) is 0.884. The Hall–Kier alpha value is -0.940. The van der Waals surface area contributed by atoms with Crippen LogP contribution >= 0.6 is 0 Å². The number of hydrogen-bond donors (Lipinski definition) is 0. The summed E-state index contributed by atoms with van der Waals surface area (Å²) in [6, 6.07) is 0. The first kappa shape index (κ1) is 15.1. The molecule has 0 aliphatic rings. The van der Waals surface area contributed by atoms with Crippen LogP contribution in [0.1, 0.15) is 41.0 Å². The van der Waals surface area contributed by atoms with Gasteiger partial charge in [0.25, 0.3) is 0 Å². The smallest absolute Gasteiger partial charge is 0.318 e. The van der Waals surface area contributed by atoms with Crippen LogP contribution < -0.4 is 0 Å². The van der Waals surface area contributed by atoms with E-state index < -0.39 is 12.4 Å². The van der Waals surface area contributed by atoms with E-state index in [-0.39, 0.29) is 24.4 Å². The first-order valence-corrected chi connectivity index (χ1v) is 5.31. The first-order valence-electron chi connectivity index (χ1n) is 5.31. The number of esters is 1. The molecule has 0 aromatic carbocycles. The van der Waals surface area contributed by atoms with Gasteiger partial charge in [-0.2, -0.15) is 0 Å². The molecular formula is C11H20O5. The van der Waals surface area contributed by atoms with Gasteiger partial charge in [0.05, 0.1) is 12.2 Å². The highest BCUT2D eigenvalue weighted by molar-refractivity contribution is 5.94. The van der Waals surface area contributed by atoms with Crippen molar-refractivity contribution in [1.82, 2.24) is 0 Å². The lowest BCUT2D eigenvalue weighted by atomic mass is 10.3. The van der Waals surface area contributed by atoms with Crippen molar-refractivity contribution < 1.29 is 23.8 Å². The Morgan fingerprint density at radius 3 is 1.75 bits per heavy atom. The quantitative estimate of drug-likeness (QED) is 0.379. The summed E-state index contributed by atoms with van der Waals surface area (Å²) in [4.78, 5) is 21.9. The maximum atomic E-state index is 11.2. The van der Waals surface area contributed by atoms with Gasteiger partial charge in [0, 0.05) is 0 Å². The van der Waals surface area contributed by atoms with Gasteiger partial charge in [-0.3, -0.25) is 9.59 Å². The van der Waals surface area contributed by atoms with Crippen LogP contribution in [0.5, 0.6) is 0 Å². The summed E-state index contributed by atoms with van der Waals surface area (Å²) in [5.74, 6) is -0.892. The molecule has 0 spiro atoms. The van der Waals surface area contributed by atoms with E-state index in [0.717, 1.165) is 0 Å². The molecule has 0 bridgehead atoms. The van der Waals surface area contributed by atoms with E-state index in [1.807, 2.05) is 0 Å². The van der Waals surface area contributed by atoms with E-state index >= 15 is 0 Å². The maximum absolute atomic E-state index is 11.2.